The maximum absolute atomic E-state index is 12.5. The summed E-state index contributed by atoms with van der Waals surface area (Å²) in [5.41, 5.74) is 0. The number of urea groups is 1. The quantitative estimate of drug-likeness (QED) is 0.826. The number of likely N-dealkylation sites (N-methyl/N-ethyl adjacent to an activating group) is 1. The number of hydrogen-bond acceptors (Lipinski definition) is 3. The summed E-state index contributed by atoms with van der Waals surface area (Å²) in [5.74, 6) is -0.866. The molecule has 1 aliphatic heterocycles. The highest BCUT2D eigenvalue weighted by Gasteiger charge is 2.26. The van der Waals surface area contributed by atoms with E-state index in [1.165, 1.54) is 0 Å². The van der Waals surface area contributed by atoms with Crippen LogP contribution in [0.4, 0.5) is 4.79 Å². The molecule has 0 spiro atoms. The van der Waals surface area contributed by atoms with Crippen molar-refractivity contribution < 1.29 is 14.7 Å². The standard InChI is InChI=1S/C13H25N3O3/c1-4-16(11(2)10-12(17)18)13(19)15-7-5-6-14(3)8-9-15/h11H,4-10H2,1-3H3,(H,17,18). The lowest BCUT2D eigenvalue weighted by Crippen LogP contribution is -2.48. The van der Waals surface area contributed by atoms with Crippen molar-refractivity contribution in [2.24, 2.45) is 0 Å². The average molecular weight is 271 g/mol. The van der Waals surface area contributed by atoms with Gasteiger partial charge in [0.1, 0.15) is 0 Å². The fourth-order valence-corrected chi connectivity index (χ4v) is 2.42. The lowest BCUT2D eigenvalue weighted by atomic mass is 10.2. The van der Waals surface area contributed by atoms with Crippen molar-refractivity contribution in [3.05, 3.63) is 0 Å². The van der Waals surface area contributed by atoms with E-state index >= 15 is 0 Å². The van der Waals surface area contributed by atoms with E-state index in [-0.39, 0.29) is 18.5 Å². The number of hydrogen-bond donors (Lipinski definition) is 1. The summed E-state index contributed by atoms with van der Waals surface area (Å²) in [6.07, 6.45) is 0.959. The van der Waals surface area contributed by atoms with Crippen LogP contribution in [0.3, 0.4) is 0 Å². The molecule has 110 valence electrons. The molecule has 1 unspecified atom stereocenters. The van der Waals surface area contributed by atoms with E-state index in [2.05, 4.69) is 11.9 Å². The summed E-state index contributed by atoms with van der Waals surface area (Å²) in [6, 6.07) is -0.303. The van der Waals surface area contributed by atoms with Gasteiger partial charge in [-0.1, -0.05) is 0 Å². The van der Waals surface area contributed by atoms with Crippen molar-refractivity contribution in [3.63, 3.8) is 0 Å². The van der Waals surface area contributed by atoms with E-state index in [9.17, 15) is 9.59 Å². The zero-order valence-corrected chi connectivity index (χ0v) is 12.1. The number of amides is 2. The predicted molar refractivity (Wildman–Crippen MR) is 73.2 cm³/mol. The Hall–Kier alpha value is -1.30. The zero-order chi connectivity index (χ0) is 14.4. The van der Waals surface area contributed by atoms with Gasteiger partial charge in [0, 0.05) is 32.2 Å². The van der Waals surface area contributed by atoms with Gasteiger partial charge in [-0.25, -0.2) is 4.79 Å². The van der Waals surface area contributed by atoms with Gasteiger partial charge in [-0.15, -0.1) is 0 Å². The normalized spacial score (nSPS) is 18.8. The smallest absolute Gasteiger partial charge is 0.320 e. The molecule has 1 aliphatic rings. The molecule has 1 heterocycles. The summed E-state index contributed by atoms with van der Waals surface area (Å²) in [6.45, 7) is 7.56. The summed E-state index contributed by atoms with van der Waals surface area (Å²) in [7, 11) is 2.05. The molecule has 0 aromatic carbocycles. The van der Waals surface area contributed by atoms with E-state index in [4.69, 9.17) is 5.11 Å². The molecule has 6 heteroatoms. The van der Waals surface area contributed by atoms with Crippen LogP contribution in [0.2, 0.25) is 0 Å². The highest BCUT2D eigenvalue weighted by atomic mass is 16.4. The summed E-state index contributed by atoms with van der Waals surface area (Å²) in [5, 5.41) is 8.84. The van der Waals surface area contributed by atoms with Gasteiger partial charge >= 0.3 is 12.0 Å². The monoisotopic (exact) mass is 271 g/mol. The van der Waals surface area contributed by atoms with Gasteiger partial charge in [0.2, 0.25) is 0 Å². The van der Waals surface area contributed by atoms with Crippen LogP contribution in [0.15, 0.2) is 0 Å². The van der Waals surface area contributed by atoms with Crippen LogP contribution >= 0.6 is 0 Å². The zero-order valence-electron chi connectivity index (χ0n) is 12.1. The van der Waals surface area contributed by atoms with Crippen LogP contribution in [-0.4, -0.2) is 77.6 Å². The first-order valence-electron chi connectivity index (χ1n) is 6.91. The first-order valence-corrected chi connectivity index (χ1v) is 6.91. The van der Waals surface area contributed by atoms with Crippen LogP contribution in [0.5, 0.6) is 0 Å². The van der Waals surface area contributed by atoms with Gasteiger partial charge in [-0.05, 0) is 33.9 Å². The molecule has 1 fully saturated rings. The molecule has 0 aromatic heterocycles. The van der Waals surface area contributed by atoms with Crippen molar-refractivity contribution >= 4 is 12.0 Å². The largest absolute Gasteiger partial charge is 0.481 e. The van der Waals surface area contributed by atoms with E-state index in [0.717, 1.165) is 26.1 Å². The Morgan fingerprint density at radius 2 is 1.95 bits per heavy atom. The number of carboxylic acid groups (broad SMARTS) is 1. The number of carbonyl (C=O) groups is 2. The van der Waals surface area contributed by atoms with Gasteiger partial charge in [0.25, 0.3) is 0 Å². The highest BCUT2D eigenvalue weighted by Crippen LogP contribution is 2.10. The fraction of sp³-hybridized carbons (Fsp3) is 0.846. The number of carbonyl (C=O) groups excluding carboxylic acids is 1. The molecule has 1 saturated heterocycles. The van der Waals surface area contributed by atoms with E-state index in [1.54, 1.807) is 11.8 Å². The Balaban J connectivity index is 2.64. The summed E-state index contributed by atoms with van der Waals surface area (Å²) in [4.78, 5) is 28.9. The molecule has 0 aromatic rings. The molecule has 1 N–H and O–H groups in total. The van der Waals surface area contributed by atoms with Crippen LogP contribution in [0, 0.1) is 0 Å². The Labute approximate surface area is 115 Å². The number of aliphatic carboxylic acids is 1. The first-order chi connectivity index (χ1) is 8.95. The second-order valence-corrected chi connectivity index (χ2v) is 5.16. The third-order valence-corrected chi connectivity index (χ3v) is 3.58. The molecule has 0 bridgehead atoms. The number of rotatable bonds is 4. The molecule has 0 radical (unpaired) electrons. The second-order valence-electron chi connectivity index (χ2n) is 5.16. The molecular weight excluding hydrogens is 246 g/mol. The molecule has 0 aliphatic carbocycles. The number of carboxylic acids is 1. The van der Waals surface area contributed by atoms with Gasteiger partial charge in [0.15, 0.2) is 0 Å². The summed E-state index contributed by atoms with van der Waals surface area (Å²) >= 11 is 0. The third-order valence-electron chi connectivity index (χ3n) is 3.58. The SMILES string of the molecule is CCN(C(=O)N1CCCN(C)CC1)C(C)CC(=O)O. The molecular formula is C13H25N3O3. The van der Waals surface area contributed by atoms with Crippen molar-refractivity contribution in [1.29, 1.82) is 0 Å². The average Bonchev–Trinajstić information content (AvgIpc) is 2.53. The molecule has 6 nitrogen and oxygen atoms in total. The van der Waals surface area contributed by atoms with Crippen LogP contribution < -0.4 is 0 Å². The molecule has 1 rings (SSSR count). The van der Waals surface area contributed by atoms with Gasteiger partial charge < -0.3 is 19.8 Å². The maximum atomic E-state index is 12.5. The molecule has 0 saturated carbocycles. The second kappa shape index (κ2) is 7.33. The van der Waals surface area contributed by atoms with Crippen LogP contribution in [-0.2, 0) is 4.79 Å². The van der Waals surface area contributed by atoms with E-state index < -0.39 is 5.97 Å². The minimum Gasteiger partial charge on any atom is -0.481 e. The third kappa shape index (κ3) is 4.70. The summed E-state index contributed by atoms with van der Waals surface area (Å²) < 4.78 is 0. The first kappa shape index (κ1) is 15.8. The Bertz CT molecular complexity index is 322. The predicted octanol–water partition coefficient (Wildman–Crippen LogP) is 0.929. The lowest BCUT2D eigenvalue weighted by molar-refractivity contribution is -0.138. The van der Waals surface area contributed by atoms with E-state index in [1.807, 2.05) is 11.8 Å². The maximum Gasteiger partial charge on any atom is 0.320 e. The number of nitrogens with zero attached hydrogens (tertiary/aromatic N) is 3. The Morgan fingerprint density at radius 1 is 1.26 bits per heavy atom. The molecule has 19 heavy (non-hydrogen) atoms. The lowest BCUT2D eigenvalue weighted by Gasteiger charge is -2.32. The topological polar surface area (TPSA) is 64.1 Å². The highest BCUT2D eigenvalue weighted by molar-refractivity contribution is 5.76. The Kier molecular flexibility index (Phi) is 6.08. The van der Waals surface area contributed by atoms with Crippen molar-refractivity contribution in [2.75, 3.05) is 39.8 Å². The Morgan fingerprint density at radius 3 is 2.53 bits per heavy atom. The van der Waals surface area contributed by atoms with Crippen molar-refractivity contribution in [1.82, 2.24) is 14.7 Å². The van der Waals surface area contributed by atoms with Gasteiger partial charge in [0.05, 0.1) is 6.42 Å². The molecule has 2 amide bonds. The van der Waals surface area contributed by atoms with Crippen LogP contribution in [0.25, 0.3) is 0 Å². The van der Waals surface area contributed by atoms with Gasteiger partial charge in [-0.2, -0.15) is 0 Å². The van der Waals surface area contributed by atoms with Crippen molar-refractivity contribution in [3.8, 4) is 0 Å². The van der Waals surface area contributed by atoms with Crippen molar-refractivity contribution in [2.45, 2.75) is 32.7 Å². The molecule has 1 atom stereocenters. The fourth-order valence-electron chi connectivity index (χ4n) is 2.42. The minimum absolute atomic E-state index is 0.00662. The van der Waals surface area contributed by atoms with Gasteiger partial charge in [-0.3, -0.25) is 4.79 Å². The van der Waals surface area contributed by atoms with E-state index in [0.29, 0.717) is 13.1 Å². The minimum atomic E-state index is -0.866. The van der Waals surface area contributed by atoms with Crippen LogP contribution in [0.1, 0.15) is 26.7 Å².